The minimum atomic E-state index is -0.405. The first-order valence-electron chi connectivity index (χ1n) is 8.86. The van der Waals surface area contributed by atoms with Crippen LogP contribution in [0.5, 0.6) is 0 Å². The van der Waals surface area contributed by atoms with Gasteiger partial charge in [-0.1, -0.05) is 41.4 Å². The molecule has 0 aliphatic heterocycles. The van der Waals surface area contributed by atoms with Crippen LogP contribution in [0.2, 0.25) is 10.0 Å². The first-order chi connectivity index (χ1) is 13.9. The third-order valence-corrected chi connectivity index (χ3v) is 5.25. The molecule has 1 amide bonds. The van der Waals surface area contributed by atoms with Gasteiger partial charge in [-0.3, -0.25) is 9.59 Å². The van der Waals surface area contributed by atoms with Crippen molar-refractivity contribution in [1.82, 2.24) is 4.57 Å². The van der Waals surface area contributed by atoms with Crippen LogP contribution in [0.3, 0.4) is 0 Å². The predicted octanol–water partition coefficient (Wildman–Crippen LogP) is 5.51. The number of anilines is 1. The van der Waals surface area contributed by atoms with Crippen LogP contribution in [0.4, 0.5) is 5.69 Å². The maximum absolute atomic E-state index is 12.8. The second-order valence-corrected chi connectivity index (χ2v) is 7.47. The summed E-state index contributed by atoms with van der Waals surface area (Å²) in [6, 6.07) is 15.5. The fourth-order valence-corrected chi connectivity index (χ4v) is 3.50. The second kappa shape index (κ2) is 7.78. The third kappa shape index (κ3) is 3.92. The Labute approximate surface area is 176 Å². The standard InChI is InChI=1S/C22H16Cl2N2O3/c1-13-17-10-15(23)6-8-19(17)29-21(13)22(28)25-16-7-9-20(27)26(12-16)11-14-4-2-3-5-18(14)24/h2-10,12H,11H2,1H3,(H,25,28). The number of carbonyl (C=O) groups is 1. The van der Waals surface area contributed by atoms with Crippen LogP contribution < -0.4 is 10.9 Å². The number of aryl methyl sites for hydroxylation is 1. The van der Waals surface area contributed by atoms with Crippen LogP contribution in [0, 0.1) is 6.92 Å². The van der Waals surface area contributed by atoms with Gasteiger partial charge in [0.2, 0.25) is 0 Å². The minimum Gasteiger partial charge on any atom is -0.451 e. The normalized spacial score (nSPS) is 11.0. The number of nitrogens with one attached hydrogen (secondary N) is 1. The Bertz CT molecular complexity index is 1290. The lowest BCUT2D eigenvalue weighted by Gasteiger charge is -2.10. The number of amides is 1. The molecule has 4 rings (SSSR count). The molecule has 0 fully saturated rings. The Kier molecular flexibility index (Phi) is 5.18. The number of pyridine rings is 1. The van der Waals surface area contributed by atoms with Crippen molar-refractivity contribution < 1.29 is 9.21 Å². The van der Waals surface area contributed by atoms with Crippen LogP contribution in [0.25, 0.3) is 11.0 Å². The highest BCUT2D eigenvalue weighted by molar-refractivity contribution is 6.31. The molecule has 1 N–H and O–H groups in total. The monoisotopic (exact) mass is 426 g/mol. The molecule has 146 valence electrons. The van der Waals surface area contributed by atoms with Gasteiger partial charge in [-0.05, 0) is 42.8 Å². The average molecular weight is 427 g/mol. The number of furan rings is 1. The maximum Gasteiger partial charge on any atom is 0.291 e. The van der Waals surface area contributed by atoms with Crippen LogP contribution >= 0.6 is 23.2 Å². The molecule has 7 heteroatoms. The number of rotatable bonds is 4. The summed E-state index contributed by atoms with van der Waals surface area (Å²) in [6.07, 6.45) is 1.58. The molecule has 29 heavy (non-hydrogen) atoms. The number of hydrogen-bond acceptors (Lipinski definition) is 3. The van der Waals surface area contributed by atoms with Gasteiger partial charge in [0.1, 0.15) is 5.58 Å². The molecule has 0 radical (unpaired) electrons. The third-order valence-electron chi connectivity index (χ3n) is 4.64. The molecule has 0 unspecified atom stereocenters. The molecule has 0 spiro atoms. The van der Waals surface area contributed by atoms with Crippen LogP contribution in [0.15, 0.2) is 70.0 Å². The zero-order chi connectivity index (χ0) is 20.5. The van der Waals surface area contributed by atoms with Gasteiger partial charge in [0.15, 0.2) is 5.76 Å². The highest BCUT2D eigenvalue weighted by atomic mass is 35.5. The van der Waals surface area contributed by atoms with E-state index in [-0.39, 0.29) is 11.3 Å². The molecule has 0 aliphatic rings. The zero-order valence-electron chi connectivity index (χ0n) is 15.4. The van der Waals surface area contributed by atoms with Crippen molar-refractivity contribution in [3.05, 3.63) is 98.1 Å². The van der Waals surface area contributed by atoms with Gasteiger partial charge in [-0.2, -0.15) is 0 Å². The van der Waals surface area contributed by atoms with Crippen molar-refractivity contribution in [3.8, 4) is 0 Å². The lowest BCUT2D eigenvalue weighted by Crippen LogP contribution is -2.21. The van der Waals surface area contributed by atoms with Crippen molar-refractivity contribution in [2.75, 3.05) is 5.32 Å². The molecule has 2 aromatic carbocycles. The van der Waals surface area contributed by atoms with Crippen molar-refractivity contribution in [2.24, 2.45) is 0 Å². The van der Waals surface area contributed by atoms with Crippen LogP contribution in [0.1, 0.15) is 21.7 Å². The summed E-state index contributed by atoms with van der Waals surface area (Å²) in [7, 11) is 0. The molecule has 2 heterocycles. The summed E-state index contributed by atoms with van der Waals surface area (Å²) in [5.74, 6) is -0.205. The smallest absolute Gasteiger partial charge is 0.291 e. The predicted molar refractivity (Wildman–Crippen MR) is 115 cm³/mol. The van der Waals surface area contributed by atoms with E-state index in [2.05, 4.69) is 5.32 Å². The molecule has 0 atom stereocenters. The maximum atomic E-state index is 12.8. The number of halogens is 2. The lowest BCUT2D eigenvalue weighted by atomic mass is 10.1. The largest absolute Gasteiger partial charge is 0.451 e. The van der Waals surface area contributed by atoms with Crippen molar-refractivity contribution >= 4 is 45.8 Å². The molecule has 0 saturated heterocycles. The van der Waals surface area contributed by atoms with E-state index >= 15 is 0 Å². The Morgan fingerprint density at radius 2 is 1.90 bits per heavy atom. The highest BCUT2D eigenvalue weighted by Gasteiger charge is 2.18. The van der Waals surface area contributed by atoms with Crippen LogP contribution in [-0.2, 0) is 6.54 Å². The number of aromatic nitrogens is 1. The van der Waals surface area contributed by atoms with E-state index in [1.54, 1.807) is 43.5 Å². The SMILES string of the molecule is Cc1c(C(=O)Nc2ccc(=O)n(Cc3ccccc3Cl)c2)oc2ccc(Cl)cc12. The van der Waals surface area contributed by atoms with E-state index in [0.717, 1.165) is 10.9 Å². The van der Waals surface area contributed by atoms with Gasteiger partial charge < -0.3 is 14.3 Å². The molecule has 0 saturated carbocycles. The summed E-state index contributed by atoms with van der Waals surface area (Å²) >= 11 is 12.2. The van der Waals surface area contributed by atoms with Gasteiger partial charge in [-0.15, -0.1) is 0 Å². The highest BCUT2D eigenvalue weighted by Crippen LogP contribution is 2.28. The van der Waals surface area contributed by atoms with Gasteiger partial charge in [-0.25, -0.2) is 0 Å². The number of fused-ring (bicyclic) bond motifs is 1. The molecule has 0 bridgehead atoms. The van der Waals surface area contributed by atoms with E-state index in [1.807, 2.05) is 18.2 Å². The quantitative estimate of drug-likeness (QED) is 0.467. The first-order valence-corrected chi connectivity index (χ1v) is 9.62. The summed E-state index contributed by atoms with van der Waals surface area (Å²) in [4.78, 5) is 25.0. The van der Waals surface area contributed by atoms with Gasteiger partial charge in [0.25, 0.3) is 11.5 Å². The molecular formula is C22H16Cl2N2O3. The van der Waals surface area contributed by atoms with E-state index in [4.69, 9.17) is 27.6 Å². The fourth-order valence-electron chi connectivity index (χ4n) is 3.14. The topological polar surface area (TPSA) is 64.2 Å². The number of hydrogen-bond donors (Lipinski definition) is 1. The second-order valence-electron chi connectivity index (χ2n) is 6.63. The van der Waals surface area contributed by atoms with Gasteiger partial charge in [0.05, 0.1) is 12.2 Å². The van der Waals surface area contributed by atoms with Crippen molar-refractivity contribution in [2.45, 2.75) is 13.5 Å². The Hall–Kier alpha value is -3.02. The number of benzene rings is 2. The average Bonchev–Trinajstić information content (AvgIpc) is 3.02. The molecule has 4 aromatic rings. The minimum absolute atomic E-state index is 0.197. The molecule has 2 aromatic heterocycles. The van der Waals surface area contributed by atoms with Crippen molar-refractivity contribution in [1.29, 1.82) is 0 Å². The summed E-state index contributed by atoms with van der Waals surface area (Å²) in [5, 5.41) is 4.71. The summed E-state index contributed by atoms with van der Waals surface area (Å²) < 4.78 is 7.18. The van der Waals surface area contributed by atoms with E-state index < -0.39 is 5.91 Å². The van der Waals surface area contributed by atoms with E-state index in [1.165, 1.54) is 10.6 Å². The summed E-state index contributed by atoms with van der Waals surface area (Å²) in [6.45, 7) is 2.10. The Morgan fingerprint density at radius 1 is 1.10 bits per heavy atom. The Morgan fingerprint density at radius 3 is 2.69 bits per heavy atom. The molecule has 0 aliphatic carbocycles. The van der Waals surface area contributed by atoms with Crippen molar-refractivity contribution in [3.63, 3.8) is 0 Å². The first kappa shape index (κ1) is 19.3. The number of carbonyl (C=O) groups excluding carboxylic acids is 1. The van der Waals surface area contributed by atoms with Gasteiger partial charge in [0, 0.05) is 33.3 Å². The Balaban J connectivity index is 1.61. The van der Waals surface area contributed by atoms with Crippen LogP contribution in [-0.4, -0.2) is 10.5 Å². The van der Waals surface area contributed by atoms with E-state index in [9.17, 15) is 9.59 Å². The summed E-state index contributed by atoms with van der Waals surface area (Å²) in [5.41, 5.74) is 2.37. The number of nitrogens with zero attached hydrogens (tertiary/aromatic N) is 1. The molecular weight excluding hydrogens is 411 g/mol. The van der Waals surface area contributed by atoms with Gasteiger partial charge >= 0.3 is 0 Å². The van der Waals surface area contributed by atoms with E-state index in [0.29, 0.717) is 33.4 Å². The fraction of sp³-hybridized carbons (Fsp3) is 0.0909. The molecule has 5 nitrogen and oxygen atoms in total. The lowest BCUT2D eigenvalue weighted by molar-refractivity contribution is 0.0998. The zero-order valence-corrected chi connectivity index (χ0v) is 16.9.